The molecule has 6 heteroatoms. The fourth-order valence-corrected chi connectivity index (χ4v) is 1.76. The monoisotopic (exact) mass is 287 g/mol. The maximum absolute atomic E-state index is 13.7. The number of nitrogens with one attached hydrogen (secondary N) is 1. The Labute approximate surface area is 113 Å². The average molecular weight is 287 g/mol. The maximum atomic E-state index is 13.7. The van der Waals surface area contributed by atoms with Gasteiger partial charge in [0.25, 0.3) is 0 Å². The van der Waals surface area contributed by atoms with Gasteiger partial charge in [-0.3, -0.25) is 0 Å². The molecule has 0 aliphatic heterocycles. The molecular weight excluding hydrogens is 274 g/mol. The first kappa shape index (κ1) is 14.6. The number of rotatable bonds is 3. The lowest BCUT2D eigenvalue weighted by atomic mass is 10.1. The van der Waals surface area contributed by atoms with Gasteiger partial charge in [0.1, 0.15) is 17.3 Å². The average Bonchev–Trinajstić information content (AvgIpc) is 2.86. The van der Waals surface area contributed by atoms with Crippen LogP contribution in [-0.2, 0) is 6.18 Å². The third-order valence-corrected chi connectivity index (χ3v) is 3.05. The van der Waals surface area contributed by atoms with E-state index in [0.717, 1.165) is 12.1 Å². The van der Waals surface area contributed by atoms with Gasteiger partial charge in [-0.25, -0.2) is 4.39 Å². The minimum Gasteiger partial charge on any atom is -0.459 e. The van der Waals surface area contributed by atoms with Gasteiger partial charge in [-0.2, -0.15) is 13.2 Å². The number of hydrogen-bond acceptors (Lipinski definition) is 2. The highest BCUT2D eigenvalue weighted by Crippen LogP contribution is 2.34. The number of hydrogen-bond donors (Lipinski definition) is 1. The first-order chi connectivity index (χ1) is 9.32. The van der Waals surface area contributed by atoms with Crippen LogP contribution < -0.4 is 5.32 Å². The molecule has 108 valence electrons. The topological polar surface area (TPSA) is 25.2 Å². The van der Waals surface area contributed by atoms with Crippen molar-refractivity contribution < 1.29 is 22.0 Å². The number of halogens is 4. The summed E-state index contributed by atoms with van der Waals surface area (Å²) in [5.41, 5.74) is -1.11. The number of alkyl halides is 3. The van der Waals surface area contributed by atoms with Crippen molar-refractivity contribution in [1.29, 1.82) is 0 Å². The molecule has 0 amide bonds. The van der Waals surface area contributed by atoms with Crippen molar-refractivity contribution in [2.24, 2.45) is 0 Å². The zero-order valence-corrected chi connectivity index (χ0v) is 10.9. The van der Waals surface area contributed by atoms with Gasteiger partial charge in [0, 0.05) is 0 Å². The number of benzene rings is 1. The normalized spacial score (nSPS) is 13.5. The summed E-state index contributed by atoms with van der Waals surface area (Å²) in [6, 6.07) is 5.21. The van der Waals surface area contributed by atoms with Gasteiger partial charge < -0.3 is 9.73 Å². The van der Waals surface area contributed by atoms with Crippen LogP contribution in [0, 0.1) is 5.82 Å². The van der Waals surface area contributed by atoms with Crippen molar-refractivity contribution in [2.75, 3.05) is 7.05 Å². The lowest BCUT2D eigenvalue weighted by Gasteiger charge is -2.09. The SMILES string of the molecule is CNC(C)c1ccc(-c2cc(C(F)(F)F)ccc2F)o1. The number of furan rings is 1. The Morgan fingerprint density at radius 2 is 1.85 bits per heavy atom. The van der Waals surface area contributed by atoms with Gasteiger partial charge in [-0.05, 0) is 44.3 Å². The molecule has 1 aromatic carbocycles. The molecule has 1 unspecified atom stereocenters. The molecular formula is C14H13F4NO. The summed E-state index contributed by atoms with van der Waals surface area (Å²) in [6.45, 7) is 1.82. The van der Waals surface area contributed by atoms with E-state index in [2.05, 4.69) is 5.32 Å². The Hall–Kier alpha value is -1.82. The highest BCUT2D eigenvalue weighted by Gasteiger charge is 2.31. The third kappa shape index (κ3) is 2.85. The van der Waals surface area contributed by atoms with E-state index in [1.807, 2.05) is 6.92 Å². The summed E-state index contributed by atoms with van der Waals surface area (Å²) in [4.78, 5) is 0. The zero-order chi connectivity index (χ0) is 14.9. The summed E-state index contributed by atoms with van der Waals surface area (Å²) in [6.07, 6.45) is -4.52. The lowest BCUT2D eigenvalue weighted by molar-refractivity contribution is -0.137. The summed E-state index contributed by atoms with van der Waals surface area (Å²) in [7, 11) is 1.72. The molecule has 0 saturated carbocycles. The quantitative estimate of drug-likeness (QED) is 0.847. The second kappa shape index (κ2) is 5.28. The van der Waals surface area contributed by atoms with Crippen LogP contribution in [0.1, 0.15) is 24.3 Å². The third-order valence-electron chi connectivity index (χ3n) is 3.05. The molecule has 1 heterocycles. The fourth-order valence-electron chi connectivity index (χ4n) is 1.76. The summed E-state index contributed by atoms with van der Waals surface area (Å²) >= 11 is 0. The first-order valence-electron chi connectivity index (χ1n) is 5.97. The van der Waals surface area contributed by atoms with E-state index >= 15 is 0 Å². The van der Waals surface area contributed by atoms with E-state index in [1.165, 1.54) is 6.07 Å². The van der Waals surface area contributed by atoms with Gasteiger partial charge in [-0.1, -0.05) is 0 Å². The molecule has 0 saturated heterocycles. The van der Waals surface area contributed by atoms with Crippen molar-refractivity contribution in [3.63, 3.8) is 0 Å². The predicted molar refractivity (Wildman–Crippen MR) is 66.6 cm³/mol. The molecule has 0 bridgehead atoms. The van der Waals surface area contributed by atoms with Crippen molar-refractivity contribution >= 4 is 0 Å². The summed E-state index contributed by atoms with van der Waals surface area (Å²) in [5, 5.41) is 2.93. The molecule has 1 atom stereocenters. The Morgan fingerprint density at radius 1 is 1.15 bits per heavy atom. The highest BCUT2D eigenvalue weighted by molar-refractivity contribution is 5.60. The summed E-state index contributed by atoms with van der Waals surface area (Å²) < 4.78 is 57.0. The van der Waals surface area contributed by atoms with Crippen molar-refractivity contribution in [3.05, 3.63) is 47.5 Å². The van der Waals surface area contributed by atoms with E-state index < -0.39 is 17.6 Å². The second-order valence-electron chi connectivity index (χ2n) is 4.40. The molecule has 2 rings (SSSR count). The van der Waals surface area contributed by atoms with Gasteiger partial charge >= 0.3 is 6.18 Å². The molecule has 0 radical (unpaired) electrons. The van der Waals surface area contributed by atoms with Gasteiger partial charge in [-0.15, -0.1) is 0 Å². The van der Waals surface area contributed by atoms with E-state index in [1.54, 1.807) is 13.1 Å². The predicted octanol–water partition coefficient (Wildman–Crippen LogP) is 4.38. The van der Waals surface area contributed by atoms with E-state index in [-0.39, 0.29) is 17.4 Å². The van der Waals surface area contributed by atoms with E-state index in [9.17, 15) is 17.6 Å². The molecule has 0 aliphatic rings. The van der Waals surface area contributed by atoms with Crippen molar-refractivity contribution in [1.82, 2.24) is 5.32 Å². The van der Waals surface area contributed by atoms with Crippen molar-refractivity contribution in [2.45, 2.75) is 19.1 Å². The lowest BCUT2D eigenvalue weighted by Crippen LogP contribution is -2.11. The largest absolute Gasteiger partial charge is 0.459 e. The molecule has 1 aromatic heterocycles. The smallest absolute Gasteiger partial charge is 0.416 e. The van der Waals surface area contributed by atoms with Crippen LogP contribution in [0.2, 0.25) is 0 Å². The van der Waals surface area contributed by atoms with Gasteiger partial charge in [0.15, 0.2) is 0 Å². The standard InChI is InChI=1S/C14H13F4NO/c1-8(19-2)12-5-6-13(20-12)10-7-9(14(16,17)18)3-4-11(10)15/h3-8,19H,1-2H3. The highest BCUT2D eigenvalue weighted by atomic mass is 19.4. The molecule has 0 spiro atoms. The van der Waals surface area contributed by atoms with E-state index in [0.29, 0.717) is 11.8 Å². The Morgan fingerprint density at radius 3 is 2.45 bits per heavy atom. The van der Waals surface area contributed by atoms with Crippen LogP contribution in [-0.4, -0.2) is 7.05 Å². The fraction of sp³-hybridized carbons (Fsp3) is 0.286. The van der Waals surface area contributed by atoms with Crippen LogP contribution in [0.3, 0.4) is 0 Å². The van der Waals surface area contributed by atoms with Crippen LogP contribution in [0.5, 0.6) is 0 Å². The van der Waals surface area contributed by atoms with Crippen LogP contribution in [0.25, 0.3) is 11.3 Å². The summed E-state index contributed by atoms with van der Waals surface area (Å²) in [5.74, 6) is -0.152. The van der Waals surface area contributed by atoms with Crippen molar-refractivity contribution in [3.8, 4) is 11.3 Å². The molecule has 2 nitrogen and oxygen atoms in total. The molecule has 0 fully saturated rings. The minimum absolute atomic E-state index is 0.0747. The van der Waals surface area contributed by atoms with Crippen LogP contribution >= 0.6 is 0 Å². The minimum atomic E-state index is -4.52. The first-order valence-corrected chi connectivity index (χ1v) is 5.97. The Bertz CT molecular complexity index is 603. The van der Waals surface area contributed by atoms with Crippen LogP contribution in [0.15, 0.2) is 34.7 Å². The van der Waals surface area contributed by atoms with Crippen LogP contribution in [0.4, 0.5) is 17.6 Å². The van der Waals surface area contributed by atoms with Gasteiger partial charge in [0.05, 0.1) is 17.2 Å². The van der Waals surface area contributed by atoms with Gasteiger partial charge in [0.2, 0.25) is 0 Å². The zero-order valence-electron chi connectivity index (χ0n) is 10.9. The molecule has 20 heavy (non-hydrogen) atoms. The molecule has 1 N–H and O–H groups in total. The van der Waals surface area contributed by atoms with E-state index in [4.69, 9.17) is 4.42 Å². The molecule has 2 aromatic rings. The molecule has 0 aliphatic carbocycles. The Balaban J connectivity index is 2.44. The maximum Gasteiger partial charge on any atom is 0.416 e. The Kier molecular flexibility index (Phi) is 3.85. The second-order valence-corrected chi connectivity index (χ2v) is 4.40.